The molecule has 1 atom stereocenters. The zero-order valence-electron chi connectivity index (χ0n) is 11.1. The van der Waals surface area contributed by atoms with Gasteiger partial charge in [-0.15, -0.1) is 0 Å². The first-order valence-electron chi connectivity index (χ1n) is 6.37. The van der Waals surface area contributed by atoms with Gasteiger partial charge >= 0.3 is 0 Å². The normalized spacial score (nSPS) is 12.2. The van der Waals surface area contributed by atoms with Crippen LogP contribution in [0.4, 0.5) is 5.69 Å². The van der Waals surface area contributed by atoms with Gasteiger partial charge in [-0.25, -0.2) is 0 Å². The third-order valence-corrected chi connectivity index (χ3v) is 3.74. The highest BCUT2D eigenvalue weighted by atomic mass is 79.9. The molecule has 0 aliphatic carbocycles. The van der Waals surface area contributed by atoms with E-state index in [0.29, 0.717) is 0 Å². The summed E-state index contributed by atoms with van der Waals surface area (Å²) in [7, 11) is 0. The van der Waals surface area contributed by atoms with E-state index in [9.17, 15) is 0 Å². The standard InChI is InChI=1S/C16H17BrClN/c1-3-16(12-5-4-6-14(18)9-12)19-15-8-11(2)7-13(17)10-15/h4-10,16,19H,3H2,1-2H3. The molecule has 1 nitrogen and oxygen atoms in total. The summed E-state index contributed by atoms with van der Waals surface area (Å²) in [4.78, 5) is 0. The number of rotatable bonds is 4. The fourth-order valence-corrected chi connectivity index (χ4v) is 2.97. The van der Waals surface area contributed by atoms with Gasteiger partial charge in [0.1, 0.15) is 0 Å². The molecule has 0 amide bonds. The Morgan fingerprint density at radius 3 is 2.63 bits per heavy atom. The van der Waals surface area contributed by atoms with E-state index in [1.165, 1.54) is 11.1 Å². The van der Waals surface area contributed by atoms with Crippen LogP contribution in [0, 0.1) is 6.92 Å². The average Bonchev–Trinajstić information content (AvgIpc) is 2.34. The van der Waals surface area contributed by atoms with Gasteiger partial charge in [-0.1, -0.05) is 46.6 Å². The first-order valence-corrected chi connectivity index (χ1v) is 7.55. The first-order chi connectivity index (χ1) is 9.08. The summed E-state index contributed by atoms with van der Waals surface area (Å²) in [6, 6.07) is 14.7. The summed E-state index contributed by atoms with van der Waals surface area (Å²) < 4.78 is 1.09. The lowest BCUT2D eigenvalue weighted by atomic mass is 10.0. The third-order valence-electron chi connectivity index (χ3n) is 3.04. The molecule has 0 aromatic heterocycles. The van der Waals surface area contributed by atoms with E-state index < -0.39 is 0 Å². The molecule has 2 aromatic carbocycles. The summed E-state index contributed by atoms with van der Waals surface area (Å²) in [6.45, 7) is 4.26. The largest absolute Gasteiger partial charge is 0.378 e. The van der Waals surface area contributed by atoms with Gasteiger partial charge in [-0.2, -0.15) is 0 Å². The molecule has 100 valence electrons. The predicted octanol–water partition coefficient (Wildman–Crippen LogP) is 5.97. The van der Waals surface area contributed by atoms with Gasteiger partial charge in [0.05, 0.1) is 6.04 Å². The van der Waals surface area contributed by atoms with Crippen molar-refractivity contribution in [3.05, 3.63) is 63.1 Å². The van der Waals surface area contributed by atoms with E-state index in [2.05, 4.69) is 59.4 Å². The van der Waals surface area contributed by atoms with Crippen molar-refractivity contribution in [1.29, 1.82) is 0 Å². The van der Waals surface area contributed by atoms with Gasteiger partial charge in [0.15, 0.2) is 0 Å². The van der Waals surface area contributed by atoms with Crippen molar-refractivity contribution in [2.24, 2.45) is 0 Å². The lowest BCUT2D eigenvalue weighted by molar-refractivity contribution is 0.749. The number of nitrogens with one attached hydrogen (secondary N) is 1. The maximum atomic E-state index is 6.06. The highest BCUT2D eigenvalue weighted by Gasteiger charge is 2.10. The van der Waals surface area contributed by atoms with Gasteiger partial charge in [0.25, 0.3) is 0 Å². The second-order valence-electron chi connectivity index (χ2n) is 4.68. The van der Waals surface area contributed by atoms with Gasteiger partial charge in [0.2, 0.25) is 0 Å². The highest BCUT2D eigenvalue weighted by Crippen LogP contribution is 2.27. The molecule has 19 heavy (non-hydrogen) atoms. The molecule has 0 saturated carbocycles. The fourth-order valence-electron chi connectivity index (χ4n) is 2.17. The molecule has 0 heterocycles. The minimum Gasteiger partial charge on any atom is -0.378 e. The second kappa shape index (κ2) is 6.44. The number of anilines is 1. The Morgan fingerprint density at radius 2 is 2.00 bits per heavy atom. The van der Waals surface area contributed by atoms with Gasteiger partial charge < -0.3 is 5.32 Å². The smallest absolute Gasteiger partial charge is 0.0511 e. The van der Waals surface area contributed by atoms with E-state index in [1.807, 2.05) is 18.2 Å². The SMILES string of the molecule is CCC(Nc1cc(C)cc(Br)c1)c1cccc(Cl)c1. The van der Waals surface area contributed by atoms with Gasteiger partial charge in [-0.3, -0.25) is 0 Å². The van der Waals surface area contributed by atoms with Crippen LogP contribution < -0.4 is 5.32 Å². The maximum absolute atomic E-state index is 6.06. The Balaban J connectivity index is 2.23. The zero-order chi connectivity index (χ0) is 13.8. The molecule has 0 radical (unpaired) electrons. The Hall–Kier alpha value is -0.990. The zero-order valence-corrected chi connectivity index (χ0v) is 13.4. The lowest BCUT2D eigenvalue weighted by Crippen LogP contribution is -2.09. The lowest BCUT2D eigenvalue weighted by Gasteiger charge is -2.19. The molecule has 0 aliphatic rings. The molecule has 3 heteroatoms. The number of hydrogen-bond donors (Lipinski definition) is 1. The minimum atomic E-state index is 0.271. The van der Waals surface area contributed by atoms with Crippen LogP contribution in [-0.2, 0) is 0 Å². The van der Waals surface area contributed by atoms with Gasteiger partial charge in [0, 0.05) is 15.2 Å². The summed E-state index contributed by atoms with van der Waals surface area (Å²) in [5, 5.41) is 4.35. The van der Waals surface area contributed by atoms with E-state index >= 15 is 0 Å². The van der Waals surface area contributed by atoms with Crippen molar-refractivity contribution in [2.45, 2.75) is 26.3 Å². The topological polar surface area (TPSA) is 12.0 Å². The van der Waals surface area contributed by atoms with Crippen molar-refractivity contribution < 1.29 is 0 Å². The van der Waals surface area contributed by atoms with Crippen LogP contribution in [0.15, 0.2) is 46.9 Å². The highest BCUT2D eigenvalue weighted by molar-refractivity contribution is 9.10. The van der Waals surface area contributed by atoms with Crippen LogP contribution in [0.3, 0.4) is 0 Å². The number of hydrogen-bond acceptors (Lipinski definition) is 1. The Labute approximate surface area is 128 Å². The van der Waals surface area contributed by atoms with Crippen LogP contribution >= 0.6 is 27.5 Å². The van der Waals surface area contributed by atoms with Crippen molar-refractivity contribution in [1.82, 2.24) is 0 Å². The number of aryl methyl sites for hydroxylation is 1. The molecule has 0 saturated heterocycles. The van der Waals surface area contributed by atoms with E-state index in [4.69, 9.17) is 11.6 Å². The van der Waals surface area contributed by atoms with Crippen LogP contribution in [0.25, 0.3) is 0 Å². The fraction of sp³-hybridized carbons (Fsp3) is 0.250. The number of benzene rings is 2. The van der Waals surface area contributed by atoms with Crippen molar-refractivity contribution in [2.75, 3.05) is 5.32 Å². The molecule has 2 rings (SSSR count). The van der Waals surface area contributed by atoms with Crippen molar-refractivity contribution in [3.63, 3.8) is 0 Å². The summed E-state index contributed by atoms with van der Waals surface area (Å²) in [6.07, 6.45) is 1.01. The van der Waals surface area contributed by atoms with Crippen molar-refractivity contribution in [3.8, 4) is 0 Å². The minimum absolute atomic E-state index is 0.271. The number of halogens is 2. The van der Waals surface area contributed by atoms with E-state index in [0.717, 1.165) is 21.6 Å². The molecular weight excluding hydrogens is 322 g/mol. The molecule has 0 spiro atoms. The van der Waals surface area contributed by atoms with Crippen LogP contribution in [0.1, 0.15) is 30.5 Å². The van der Waals surface area contributed by atoms with Crippen LogP contribution in [0.5, 0.6) is 0 Å². The van der Waals surface area contributed by atoms with Crippen LogP contribution in [-0.4, -0.2) is 0 Å². The Morgan fingerprint density at radius 1 is 1.21 bits per heavy atom. The van der Waals surface area contributed by atoms with Crippen molar-refractivity contribution >= 4 is 33.2 Å². The van der Waals surface area contributed by atoms with E-state index in [1.54, 1.807) is 0 Å². The monoisotopic (exact) mass is 337 g/mol. The molecular formula is C16H17BrClN. The van der Waals surface area contributed by atoms with E-state index in [-0.39, 0.29) is 6.04 Å². The molecule has 0 fully saturated rings. The summed E-state index contributed by atoms with van der Waals surface area (Å²) >= 11 is 9.60. The maximum Gasteiger partial charge on any atom is 0.0511 e. The first kappa shape index (κ1) is 14.4. The third kappa shape index (κ3) is 3.99. The molecule has 1 N–H and O–H groups in total. The van der Waals surface area contributed by atoms with Gasteiger partial charge in [-0.05, 0) is 54.8 Å². The molecule has 0 aliphatic heterocycles. The Bertz CT molecular complexity index is 548. The molecule has 2 aromatic rings. The second-order valence-corrected chi connectivity index (χ2v) is 6.03. The summed E-state index contributed by atoms with van der Waals surface area (Å²) in [5.74, 6) is 0. The Kier molecular flexibility index (Phi) is 4.89. The van der Waals surface area contributed by atoms with Crippen LogP contribution in [0.2, 0.25) is 5.02 Å². The molecule has 1 unspecified atom stereocenters. The predicted molar refractivity (Wildman–Crippen MR) is 87.0 cm³/mol. The quantitative estimate of drug-likeness (QED) is 0.723. The average molecular weight is 339 g/mol. The molecule has 0 bridgehead atoms. The summed E-state index contributed by atoms with van der Waals surface area (Å²) in [5.41, 5.74) is 3.57.